The van der Waals surface area contributed by atoms with Gasteiger partial charge in [-0.15, -0.1) is 0 Å². The van der Waals surface area contributed by atoms with Crippen molar-refractivity contribution in [3.63, 3.8) is 0 Å². The molecule has 0 spiro atoms. The molecule has 0 aliphatic heterocycles. The number of hydrogen-bond acceptors (Lipinski definition) is 3. The van der Waals surface area contributed by atoms with E-state index in [2.05, 4.69) is 50.5 Å². The molecule has 0 saturated carbocycles. The smallest absolute Gasteiger partial charge is 0.266 e. The van der Waals surface area contributed by atoms with Crippen molar-refractivity contribution < 1.29 is 9.53 Å². The minimum absolute atomic E-state index is 0.0250. The van der Waals surface area contributed by atoms with Crippen molar-refractivity contribution in [2.75, 3.05) is 12.4 Å². The highest BCUT2D eigenvalue weighted by Gasteiger charge is 2.14. The van der Waals surface area contributed by atoms with Crippen molar-refractivity contribution in [1.29, 1.82) is 5.26 Å². The van der Waals surface area contributed by atoms with Crippen LogP contribution in [0, 0.1) is 32.3 Å². The molecular formula is C19H16I2N2O2. The Labute approximate surface area is 174 Å². The van der Waals surface area contributed by atoms with Crippen LogP contribution in [0.25, 0.3) is 6.08 Å². The molecule has 2 aromatic carbocycles. The molecule has 0 saturated heterocycles. The number of carbonyl (C=O) groups is 1. The number of anilines is 1. The number of nitriles is 1. The number of rotatable bonds is 4. The van der Waals surface area contributed by atoms with E-state index in [-0.39, 0.29) is 5.57 Å². The summed E-state index contributed by atoms with van der Waals surface area (Å²) in [6.07, 6.45) is 1.56. The first-order valence-corrected chi connectivity index (χ1v) is 9.55. The van der Waals surface area contributed by atoms with Gasteiger partial charge >= 0.3 is 0 Å². The SMILES string of the molecule is COc1c(I)cc(I)cc1/C=C(\C#N)C(=O)Nc1cc(C)ccc1C. The number of nitrogens with zero attached hydrogens (tertiary/aromatic N) is 1. The van der Waals surface area contributed by atoms with Gasteiger partial charge in [0.25, 0.3) is 5.91 Å². The van der Waals surface area contributed by atoms with Crippen molar-refractivity contribution in [3.05, 3.63) is 59.7 Å². The van der Waals surface area contributed by atoms with E-state index in [9.17, 15) is 10.1 Å². The molecule has 0 bridgehead atoms. The monoisotopic (exact) mass is 558 g/mol. The molecule has 2 rings (SSSR count). The van der Waals surface area contributed by atoms with Gasteiger partial charge in [-0.1, -0.05) is 12.1 Å². The Kier molecular flexibility index (Phi) is 6.84. The third kappa shape index (κ3) is 4.95. The molecule has 1 N–H and O–H groups in total. The highest BCUT2D eigenvalue weighted by molar-refractivity contribution is 14.1. The zero-order chi connectivity index (χ0) is 18.6. The lowest BCUT2D eigenvalue weighted by Gasteiger charge is -2.11. The highest BCUT2D eigenvalue weighted by Crippen LogP contribution is 2.30. The Morgan fingerprint density at radius 1 is 1.24 bits per heavy atom. The van der Waals surface area contributed by atoms with Gasteiger partial charge in [-0.2, -0.15) is 5.26 Å². The molecule has 25 heavy (non-hydrogen) atoms. The molecular weight excluding hydrogens is 542 g/mol. The van der Waals surface area contributed by atoms with Crippen LogP contribution < -0.4 is 10.1 Å². The summed E-state index contributed by atoms with van der Waals surface area (Å²) in [7, 11) is 1.57. The van der Waals surface area contributed by atoms with Crippen molar-refractivity contribution >= 4 is 62.9 Å². The van der Waals surface area contributed by atoms with Gasteiger partial charge < -0.3 is 10.1 Å². The average Bonchev–Trinajstić information content (AvgIpc) is 2.55. The summed E-state index contributed by atoms with van der Waals surface area (Å²) in [5.41, 5.74) is 3.41. The van der Waals surface area contributed by atoms with Gasteiger partial charge in [-0.25, -0.2) is 0 Å². The van der Waals surface area contributed by atoms with E-state index in [4.69, 9.17) is 4.74 Å². The number of amides is 1. The van der Waals surface area contributed by atoms with Gasteiger partial charge in [-0.05, 0) is 94.4 Å². The van der Waals surface area contributed by atoms with E-state index in [1.54, 1.807) is 13.2 Å². The maximum Gasteiger partial charge on any atom is 0.266 e. The largest absolute Gasteiger partial charge is 0.495 e. The van der Waals surface area contributed by atoms with Crippen LogP contribution in [-0.2, 0) is 4.79 Å². The standard InChI is InChI=1S/C19H16I2N2O2/c1-11-4-5-12(2)17(6-11)23-19(24)14(10-22)7-13-8-15(20)9-16(21)18(13)25-3/h4-9H,1-3H3,(H,23,24)/b14-7+. The maximum atomic E-state index is 12.5. The lowest BCUT2D eigenvalue weighted by molar-refractivity contribution is -0.112. The lowest BCUT2D eigenvalue weighted by atomic mass is 10.1. The molecule has 6 heteroatoms. The molecule has 4 nitrogen and oxygen atoms in total. The normalized spacial score (nSPS) is 11.0. The Bertz CT molecular complexity index is 899. The van der Waals surface area contributed by atoms with Gasteiger partial charge in [-0.3, -0.25) is 4.79 Å². The number of aryl methyl sites for hydroxylation is 2. The van der Waals surface area contributed by atoms with Crippen LogP contribution in [0.3, 0.4) is 0 Å². The van der Waals surface area contributed by atoms with Gasteiger partial charge in [0.05, 0.1) is 10.7 Å². The quantitative estimate of drug-likeness (QED) is 0.324. The zero-order valence-electron chi connectivity index (χ0n) is 14.0. The lowest BCUT2D eigenvalue weighted by Crippen LogP contribution is -2.14. The van der Waals surface area contributed by atoms with Crippen molar-refractivity contribution in [3.8, 4) is 11.8 Å². The Hall–Kier alpha value is -1.60. The fourth-order valence-corrected chi connectivity index (χ4v) is 4.38. The molecule has 1 amide bonds. The minimum atomic E-state index is -0.438. The van der Waals surface area contributed by atoms with Gasteiger partial charge in [0.1, 0.15) is 17.4 Å². The maximum absolute atomic E-state index is 12.5. The second-order valence-electron chi connectivity index (χ2n) is 5.45. The molecule has 0 atom stereocenters. The van der Waals surface area contributed by atoms with E-state index in [1.165, 1.54) is 0 Å². The van der Waals surface area contributed by atoms with Gasteiger partial charge in [0.15, 0.2) is 0 Å². The van der Waals surface area contributed by atoms with E-state index < -0.39 is 5.91 Å². The van der Waals surface area contributed by atoms with Crippen LogP contribution >= 0.6 is 45.2 Å². The van der Waals surface area contributed by atoms with Crippen LogP contribution in [0.5, 0.6) is 5.75 Å². The number of ether oxygens (including phenoxy) is 1. The number of hydrogen-bond donors (Lipinski definition) is 1. The summed E-state index contributed by atoms with van der Waals surface area (Å²) in [5.74, 6) is 0.209. The Balaban J connectivity index is 2.40. The minimum Gasteiger partial charge on any atom is -0.495 e. The number of nitrogens with one attached hydrogen (secondary N) is 1. The van der Waals surface area contributed by atoms with Crippen LogP contribution in [0.15, 0.2) is 35.9 Å². The van der Waals surface area contributed by atoms with Crippen LogP contribution in [0.4, 0.5) is 5.69 Å². The first kappa shape index (κ1) is 19.7. The molecule has 0 heterocycles. The molecule has 0 unspecified atom stereocenters. The van der Waals surface area contributed by atoms with Crippen molar-refractivity contribution in [2.24, 2.45) is 0 Å². The van der Waals surface area contributed by atoms with E-state index in [0.29, 0.717) is 17.0 Å². The summed E-state index contributed by atoms with van der Waals surface area (Å²) in [5, 5.41) is 12.3. The second kappa shape index (κ2) is 8.67. The van der Waals surface area contributed by atoms with Gasteiger partial charge in [0, 0.05) is 14.8 Å². The average molecular weight is 558 g/mol. The third-order valence-electron chi connectivity index (χ3n) is 3.55. The van der Waals surface area contributed by atoms with Gasteiger partial charge in [0.2, 0.25) is 0 Å². The first-order valence-electron chi connectivity index (χ1n) is 7.39. The number of halogens is 2. The molecule has 0 aromatic heterocycles. The van der Waals surface area contributed by atoms with E-state index >= 15 is 0 Å². The summed E-state index contributed by atoms with van der Waals surface area (Å²) in [4.78, 5) is 12.5. The van der Waals surface area contributed by atoms with Crippen LogP contribution in [0.2, 0.25) is 0 Å². The molecule has 0 aliphatic carbocycles. The van der Waals surface area contributed by atoms with Crippen molar-refractivity contribution in [2.45, 2.75) is 13.8 Å². The number of benzene rings is 2. The fourth-order valence-electron chi connectivity index (χ4n) is 2.27. The number of methoxy groups -OCH3 is 1. The molecule has 0 radical (unpaired) electrons. The molecule has 0 fully saturated rings. The zero-order valence-corrected chi connectivity index (χ0v) is 18.3. The topological polar surface area (TPSA) is 62.1 Å². The first-order chi connectivity index (χ1) is 11.8. The highest BCUT2D eigenvalue weighted by atomic mass is 127. The molecule has 2 aromatic rings. The van der Waals surface area contributed by atoms with E-state index in [0.717, 1.165) is 18.3 Å². The summed E-state index contributed by atoms with van der Waals surface area (Å²) in [6, 6.07) is 11.6. The predicted octanol–water partition coefficient (Wildman–Crippen LogP) is 5.07. The molecule has 0 aliphatic rings. The fraction of sp³-hybridized carbons (Fsp3) is 0.158. The van der Waals surface area contributed by atoms with Crippen molar-refractivity contribution in [1.82, 2.24) is 0 Å². The Morgan fingerprint density at radius 3 is 2.60 bits per heavy atom. The summed E-state index contributed by atoms with van der Waals surface area (Å²) >= 11 is 4.37. The number of carbonyl (C=O) groups excluding carboxylic acids is 1. The van der Waals surface area contributed by atoms with E-state index in [1.807, 2.05) is 50.2 Å². The summed E-state index contributed by atoms with van der Waals surface area (Å²) in [6.45, 7) is 3.87. The predicted molar refractivity (Wildman–Crippen MR) is 117 cm³/mol. The Morgan fingerprint density at radius 2 is 1.96 bits per heavy atom. The molecule has 128 valence electrons. The van der Waals surface area contributed by atoms with Crippen LogP contribution in [-0.4, -0.2) is 13.0 Å². The summed E-state index contributed by atoms with van der Waals surface area (Å²) < 4.78 is 7.34. The second-order valence-corrected chi connectivity index (χ2v) is 7.86. The van der Waals surface area contributed by atoms with Crippen LogP contribution in [0.1, 0.15) is 16.7 Å². The third-order valence-corrected chi connectivity index (χ3v) is 4.97.